The summed E-state index contributed by atoms with van der Waals surface area (Å²) in [5, 5.41) is 9.51. The van der Waals surface area contributed by atoms with E-state index in [1.54, 1.807) is 27.4 Å². The molecule has 10 nitrogen and oxygen atoms in total. The molecule has 0 bridgehead atoms. The summed E-state index contributed by atoms with van der Waals surface area (Å²) in [5.74, 6) is 2.73. The van der Waals surface area contributed by atoms with E-state index in [0.29, 0.717) is 71.7 Å². The van der Waals surface area contributed by atoms with E-state index in [9.17, 15) is 4.79 Å². The van der Waals surface area contributed by atoms with E-state index in [0.717, 1.165) is 5.56 Å². The number of ether oxygens (including phenoxy) is 4. The number of aryl methyl sites for hydroxylation is 1. The first kappa shape index (κ1) is 26.1. The highest BCUT2D eigenvalue weighted by molar-refractivity contribution is 5.86. The lowest BCUT2D eigenvalue weighted by Crippen LogP contribution is -2.27. The number of fused-ring (bicyclic) bond motifs is 1. The number of nitrogens with zero attached hydrogens (tertiary/aromatic N) is 3. The van der Waals surface area contributed by atoms with Crippen LogP contribution in [0.3, 0.4) is 0 Å². The van der Waals surface area contributed by atoms with Crippen molar-refractivity contribution >= 4 is 16.9 Å². The van der Waals surface area contributed by atoms with Gasteiger partial charge in [0.1, 0.15) is 6.61 Å². The molecule has 1 heterocycles. The SMILES string of the molecule is COc1ccc(CN(C)c2nc3cc(OC)c(OC)c(C)c3c(=O)[nH]2)cc1OCCN(C)CCO. The number of aromatic nitrogens is 2. The van der Waals surface area contributed by atoms with Crippen molar-refractivity contribution in [3.63, 3.8) is 0 Å². The lowest BCUT2D eigenvalue weighted by Gasteiger charge is -2.20. The van der Waals surface area contributed by atoms with E-state index in [2.05, 4.69) is 9.97 Å². The summed E-state index contributed by atoms with van der Waals surface area (Å²) in [6.45, 7) is 4.10. The average Bonchev–Trinajstić information content (AvgIpc) is 2.83. The first-order chi connectivity index (χ1) is 16.8. The third-order valence-electron chi connectivity index (χ3n) is 5.79. The maximum absolute atomic E-state index is 12.9. The predicted octanol–water partition coefficient (Wildman–Crippen LogP) is 2.20. The molecular weight excluding hydrogens is 452 g/mol. The molecule has 3 aromatic rings. The summed E-state index contributed by atoms with van der Waals surface area (Å²) in [6.07, 6.45) is 0. The molecule has 0 atom stereocenters. The van der Waals surface area contributed by atoms with Gasteiger partial charge < -0.3 is 33.9 Å². The van der Waals surface area contributed by atoms with Crippen molar-refractivity contribution in [3.8, 4) is 23.0 Å². The van der Waals surface area contributed by atoms with Crippen LogP contribution in [0.1, 0.15) is 11.1 Å². The van der Waals surface area contributed by atoms with Crippen molar-refractivity contribution in [2.24, 2.45) is 0 Å². The van der Waals surface area contributed by atoms with Crippen LogP contribution in [0.25, 0.3) is 10.9 Å². The van der Waals surface area contributed by atoms with Crippen LogP contribution in [0.2, 0.25) is 0 Å². The molecule has 1 aromatic heterocycles. The lowest BCUT2D eigenvalue weighted by atomic mass is 10.1. The molecule has 35 heavy (non-hydrogen) atoms. The highest BCUT2D eigenvalue weighted by Gasteiger charge is 2.17. The highest BCUT2D eigenvalue weighted by Crippen LogP contribution is 2.35. The molecule has 0 aliphatic rings. The van der Waals surface area contributed by atoms with Crippen molar-refractivity contribution in [2.75, 3.05) is 66.6 Å². The molecule has 0 fully saturated rings. The minimum Gasteiger partial charge on any atom is -0.493 e. The molecule has 0 aliphatic heterocycles. The van der Waals surface area contributed by atoms with Gasteiger partial charge in [-0.05, 0) is 31.7 Å². The third kappa shape index (κ3) is 5.95. The monoisotopic (exact) mass is 486 g/mol. The fourth-order valence-electron chi connectivity index (χ4n) is 3.89. The molecule has 2 N–H and O–H groups in total. The molecule has 190 valence electrons. The molecule has 3 rings (SSSR count). The van der Waals surface area contributed by atoms with Crippen molar-refractivity contribution in [3.05, 3.63) is 45.7 Å². The summed E-state index contributed by atoms with van der Waals surface area (Å²) < 4.78 is 22.2. The Morgan fingerprint density at radius 1 is 1.00 bits per heavy atom. The number of aliphatic hydroxyl groups excluding tert-OH is 1. The minimum atomic E-state index is -0.249. The zero-order valence-corrected chi connectivity index (χ0v) is 21.2. The van der Waals surface area contributed by atoms with Crippen LogP contribution in [-0.4, -0.2) is 81.7 Å². The van der Waals surface area contributed by atoms with E-state index in [-0.39, 0.29) is 12.2 Å². The molecule has 0 spiro atoms. The van der Waals surface area contributed by atoms with Gasteiger partial charge >= 0.3 is 0 Å². The highest BCUT2D eigenvalue weighted by atomic mass is 16.5. The first-order valence-electron chi connectivity index (χ1n) is 11.3. The molecule has 0 unspecified atom stereocenters. The van der Waals surface area contributed by atoms with Crippen LogP contribution in [-0.2, 0) is 6.54 Å². The Balaban J connectivity index is 1.84. The van der Waals surface area contributed by atoms with Crippen molar-refractivity contribution in [1.82, 2.24) is 14.9 Å². The Bertz CT molecular complexity index is 1210. The second kappa shape index (κ2) is 11.8. The number of hydrogen-bond acceptors (Lipinski definition) is 9. The maximum atomic E-state index is 12.9. The zero-order chi connectivity index (χ0) is 25.5. The largest absolute Gasteiger partial charge is 0.493 e. The van der Waals surface area contributed by atoms with Gasteiger partial charge in [-0.1, -0.05) is 6.07 Å². The number of H-pyrrole nitrogens is 1. The van der Waals surface area contributed by atoms with Crippen molar-refractivity contribution in [2.45, 2.75) is 13.5 Å². The van der Waals surface area contributed by atoms with Gasteiger partial charge in [0.15, 0.2) is 23.0 Å². The standard InChI is InChI=1S/C25H34N4O6/c1-16-22-18(14-21(33-5)23(16)34-6)26-25(27-24(22)31)29(3)15-17-7-8-19(32-4)20(13-17)35-12-10-28(2)9-11-30/h7-8,13-14,30H,9-12,15H2,1-6H3,(H,26,27,31). The smallest absolute Gasteiger partial charge is 0.260 e. The molecule has 10 heteroatoms. The number of aromatic amines is 1. The first-order valence-corrected chi connectivity index (χ1v) is 11.3. The van der Waals surface area contributed by atoms with E-state index in [4.69, 9.17) is 24.1 Å². The van der Waals surface area contributed by atoms with Crippen LogP contribution < -0.4 is 29.4 Å². The summed E-state index contributed by atoms with van der Waals surface area (Å²) in [4.78, 5) is 24.3. The van der Waals surface area contributed by atoms with Gasteiger partial charge in [-0.2, -0.15) is 0 Å². The summed E-state index contributed by atoms with van der Waals surface area (Å²) >= 11 is 0. The van der Waals surface area contributed by atoms with Gasteiger partial charge in [0, 0.05) is 38.3 Å². The fraction of sp³-hybridized carbons (Fsp3) is 0.440. The van der Waals surface area contributed by atoms with E-state index in [1.807, 2.05) is 49.0 Å². The Kier molecular flexibility index (Phi) is 8.78. The fourth-order valence-corrected chi connectivity index (χ4v) is 3.89. The summed E-state index contributed by atoms with van der Waals surface area (Å²) in [6, 6.07) is 7.42. The van der Waals surface area contributed by atoms with Crippen LogP contribution in [0.15, 0.2) is 29.1 Å². The van der Waals surface area contributed by atoms with Gasteiger partial charge in [-0.25, -0.2) is 4.98 Å². The van der Waals surface area contributed by atoms with Gasteiger partial charge in [-0.3, -0.25) is 9.78 Å². The zero-order valence-electron chi connectivity index (χ0n) is 21.2. The van der Waals surface area contributed by atoms with Crippen molar-refractivity contribution < 1.29 is 24.1 Å². The molecule has 0 amide bonds. The summed E-state index contributed by atoms with van der Waals surface area (Å²) in [5.41, 5.74) is 1.90. The van der Waals surface area contributed by atoms with Gasteiger partial charge in [-0.15, -0.1) is 0 Å². The maximum Gasteiger partial charge on any atom is 0.260 e. The minimum absolute atomic E-state index is 0.104. The number of likely N-dealkylation sites (N-methyl/N-ethyl adjacent to an activating group) is 1. The molecule has 0 aliphatic carbocycles. The van der Waals surface area contributed by atoms with Gasteiger partial charge in [0.05, 0.1) is 38.8 Å². The normalized spacial score (nSPS) is 11.1. The quantitative estimate of drug-likeness (QED) is 0.398. The number of methoxy groups -OCH3 is 3. The van der Waals surface area contributed by atoms with Crippen LogP contribution in [0, 0.1) is 6.92 Å². The van der Waals surface area contributed by atoms with E-state index < -0.39 is 0 Å². The van der Waals surface area contributed by atoms with Crippen LogP contribution in [0.5, 0.6) is 23.0 Å². The van der Waals surface area contributed by atoms with E-state index in [1.165, 1.54) is 0 Å². The molecule has 0 saturated heterocycles. The van der Waals surface area contributed by atoms with Crippen LogP contribution in [0.4, 0.5) is 5.95 Å². The second-order valence-electron chi connectivity index (χ2n) is 8.24. The molecule has 2 aromatic carbocycles. The summed E-state index contributed by atoms with van der Waals surface area (Å²) in [7, 11) is 8.47. The second-order valence-corrected chi connectivity index (χ2v) is 8.24. The molecular formula is C25H34N4O6. The van der Waals surface area contributed by atoms with Gasteiger partial charge in [0.2, 0.25) is 5.95 Å². The molecule has 0 saturated carbocycles. The number of hydrogen-bond donors (Lipinski definition) is 2. The van der Waals surface area contributed by atoms with E-state index >= 15 is 0 Å². The lowest BCUT2D eigenvalue weighted by molar-refractivity contribution is 0.190. The number of aliphatic hydroxyl groups is 1. The average molecular weight is 487 g/mol. The number of nitrogens with one attached hydrogen (secondary N) is 1. The topological polar surface area (TPSA) is 109 Å². The molecule has 0 radical (unpaired) electrons. The number of anilines is 1. The Morgan fingerprint density at radius 3 is 2.40 bits per heavy atom. The number of benzene rings is 2. The Morgan fingerprint density at radius 2 is 1.74 bits per heavy atom. The van der Waals surface area contributed by atoms with Crippen LogP contribution >= 0.6 is 0 Å². The third-order valence-corrected chi connectivity index (χ3v) is 5.79. The van der Waals surface area contributed by atoms with Gasteiger partial charge in [0.25, 0.3) is 5.56 Å². The number of rotatable bonds is 12. The Labute approximate surface area is 205 Å². The Hall–Kier alpha value is -3.50. The van der Waals surface area contributed by atoms with Crippen molar-refractivity contribution in [1.29, 1.82) is 0 Å². The predicted molar refractivity (Wildman–Crippen MR) is 135 cm³/mol.